The van der Waals surface area contributed by atoms with Crippen molar-refractivity contribution in [1.82, 2.24) is 19.2 Å². The molecule has 0 radical (unpaired) electrons. The lowest BCUT2D eigenvalue weighted by Crippen LogP contribution is -2.50. The molecule has 0 N–H and O–H groups in total. The second-order valence-electron chi connectivity index (χ2n) is 8.32. The van der Waals surface area contributed by atoms with Gasteiger partial charge in [0, 0.05) is 49.5 Å². The van der Waals surface area contributed by atoms with Gasteiger partial charge in [0.15, 0.2) is 0 Å². The van der Waals surface area contributed by atoms with E-state index in [1.165, 1.54) is 4.31 Å². The number of hydrogen-bond acceptors (Lipinski definition) is 5. The second kappa shape index (κ2) is 8.96. The fourth-order valence-corrected chi connectivity index (χ4v) is 5.60. The van der Waals surface area contributed by atoms with Gasteiger partial charge in [0.1, 0.15) is 0 Å². The summed E-state index contributed by atoms with van der Waals surface area (Å²) in [4.78, 5) is 24.5. The number of aryl methyl sites for hydroxylation is 1. The summed E-state index contributed by atoms with van der Waals surface area (Å²) in [5.41, 5.74) is 3.80. The Morgan fingerprint density at radius 1 is 0.912 bits per heavy atom. The molecule has 3 heterocycles. The van der Waals surface area contributed by atoms with Gasteiger partial charge in [-0.25, -0.2) is 13.4 Å². The predicted octanol–water partition coefficient (Wildman–Crippen LogP) is 3.75. The molecule has 2 aromatic heterocycles. The maximum Gasteiger partial charge on any atom is 0.254 e. The zero-order chi connectivity index (χ0) is 23.7. The summed E-state index contributed by atoms with van der Waals surface area (Å²) in [6, 6.07) is 19.9. The minimum absolute atomic E-state index is 0.129. The van der Waals surface area contributed by atoms with Crippen molar-refractivity contribution in [3.8, 4) is 11.3 Å². The first-order chi connectivity index (χ1) is 16.4. The van der Waals surface area contributed by atoms with Crippen molar-refractivity contribution in [2.45, 2.75) is 11.8 Å². The van der Waals surface area contributed by atoms with Gasteiger partial charge >= 0.3 is 0 Å². The van der Waals surface area contributed by atoms with Crippen LogP contribution in [0.2, 0.25) is 0 Å². The largest absolute Gasteiger partial charge is 0.336 e. The molecule has 0 atom stereocenters. The number of carbonyl (C=O) groups excluding carboxylic acids is 1. The number of amides is 1. The molecule has 1 saturated heterocycles. The molecule has 34 heavy (non-hydrogen) atoms. The molecular weight excluding hydrogens is 448 g/mol. The number of pyridine rings is 2. The SMILES string of the molecule is Cc1ccc(S(=O)(=O)N2CCN(C(=O)c3cc(-c4cccnc4)nc4ccccc34)CC2)cc1. The van der Waals surface area contributed by atoms with Crippen LogP contribution in [0, 0.1) is 6.92 Å². The molecule has 0 bridgehead atoms. The molecule has 0 aliphatic carbocycles. The lowest BCUT2D eigenvalue weighted by Gasteiger charge is -2.34. The fraction of sp³-hybridized carbons (Fsp3) is 0.192. The zero-order valence-electron chi connectivity index (χ0n) is 18.8. The van der Waals surface area contributed by atoms with E-state index in [1.807, 2.05) is 43.3 Å². The maximum atomic E-state index is 13.6. The Kier molecular flexibility index (Phi) is 5.85. The number of sulfonamides is 1. The van der Waals surface area contributed by atoms with Crippen LogP contribution in [0.15, 0.2) is 84.0 Å². The quantitative estimate of drug-likeness (QED) is 0.452. The smallest absolute Gasteiger partial charge is 0.254 e. The Labute approximate surface area is 198 Å². The first-order valence-electron chi connectivity index (χ1n) is 11.1. The maximum absolute atomic E-state index is 13.6. The number of rotatable bonds is 4. The highest BCUT2D eigenvalue weighted by Gasteiger charge is 2.31. The van der Waals surface area contributed by atoms with Gasteiger partial charge in [-0.1, -0.05) is 35.9 Å². The van der Waals surface area contributed by atoms with Gasteiger partial charge < -0.3 is 4.90 Å². The van der Waals surface area contributed by atoms with E-state index in [9.17, 15) is 13.2 Å². The van der Waals surface area contributed by atoms with Crippen molar-refractivity contribution in [2.24, 2.45) is 0 Å². The van der Waals surface area contributed by atoms with Crippen LogP contribution in [0.1, 0.15) is 15.9 Å². The predicted molar refractivity (Wildman–Crippen MR) is 131 cm³/mol. The summed E-state index contributed by atoms with van der Waals surface area (Å²) in [6.07, 6.45) is 3.42. The number of carbonyl (C=O) groups is 1. The lowest BCUT2D eigenvalue weighted by atomic mass is 10.0. The number of hydrogen-bond donors (Lipinski definition) is 0. The van der Waals surface area contributed by atoms with Crippen molar-refractivity contribution in [1.29, 1.82) is 0 Å². The van der Waals surface area contributed by atoms with Gasteiger partial charge in [-0.3, -0.25) is 9.78 Å². The minimum Gasteiger partial charge on any atom is -0.336 e. The highest BCUT2D eigenvalue weighted by Crippen LogP contribution is 2.26. The molecule has 0 saturated carbocycles. The van der Waals surface area contributed by atoms with Crippen LogP contribution in [0.5, 0.6) is 0 Å². The van der Waals surface area contributed by atoms with E-state index in [-0.39, 0.29) is 23.9 Å². The van der Waals surface area contributed by atoms with Crippen LogP contribution in [0.3, 0.4) is 0 Å². The lowest BCUT2D eigenvalue weighted by molar-refractivity contribution is 0.0700. The highest BCUT2D eigenvalue weighted by molar-refractivity contribution is 7.89. The summed E-state index contributed by atoms with van der Waals surface area (Å²) in [5.74, 6) is -0.129. The molecule has 0 spiro atoms. The molecule has 5 rings (SSSR count). The molecule has 8 heteroatoms. The third-order valence-electron chi connectivity index (χ3n) is 6.09. The molecule has 4 aromatic rings. The molecule has 1 aliphatic heterocycles. The van der Waals surface area contributed by atoms with Gasteiger partial charge in [-0.05, 0) is 43.3 Å². The Hall–Kier alpha value is -3.62. The van der Waals surface area contributed by atoms with E-state index in [0.717, 1.165) is 22.0 Å². The molecule has 0 unspecified atom stereocenters. The molecular formula is C26H24N4O3S. The van der Waals surface area contributed by atoms with Gasteiger partial charge in [-0.15, -0.1) is 0 Å². The average molecular weight is 473 g/mol. The van der Waals surface area contributed by atoms with E-state index in [1.54, 1.807) is 47.6 Å². The normalized spacial score (nSPS) is 14.9. The third-order valence-corrected chi connectivity index (χ3v) is 8.00. The monoisotopic (exact) mass is 472 g/mol. The number of nitrogens with zero attached hydrogens (tertiary/aromatic N) is 4. The average Bonchev–Trinajstić information content (AvgIpc) is 2.88. The summed E-state index contributed by atoms with van der Waals surface area (Å²) < 4.78 is 27.5. The van der Waals surface area contributed by atoms with Gasteiger partial charge in [0.05, 0.1) is 21.7 Å². The Morgan fingerprint density at radius 3 is 2.35 bits per heavy atom. The van der Waals surface area contributed by atoms with E-state index in [2.05, 4.69) is 4.98 Å². The molecule has 172 valence electrons. The number of para-hydroxylation sites is 1. The zero-order valence-corrected chi connectivity index (χ0v) is 19.6. The van der Waals surface area contributed by atoms with Crippen LogP contribution in [0.25, 0.3) is 22.2 Å². The fourth-order valence-electron chi connectivity index (χ4n) is 4.18. The summed E-state index contributed by atoms with van der Waals surface area (Å²) in [5, 5.41) is 0.773. The van der Waals surface area contributed by atoms with Crippen molar-refractivity contribution < 1.29 is 13.2 Å². The van der Waals surface area contributed by atoms with Crippen LogP contribution >= 0.6 is 0 Å². The van der Waals surface area contributed by atoms with E-state index in [4.69, 9.17) is 4.98 Å². The number of fused-ring (bicyclic) bond motifs is 1. The molecule has 1 aliphatic rings. The van der Waals surface area contributed by atoms with Crippen molar-refractivity contribution in [3.63, 3.8) is 0 Å². The summed E-state index contributed by atoms with van der Waals surface area (Å²) >= 11 is 0. The highest BCUT2D eigenvalue weighted by atomic mass is 32.2. The van der Waals surface area contributed by atoms with Gasteiger partial charge in [0.25, 0.3) is 5.91 Å². The van der Waals surface area contributed by atoms with Crippen molar-refractivity contribution >= 4 is 26.8 Å². The van der Waals surface area contributed by atoms with Crippen molar-refractivity contribution in [2.75, 3.05) is 26.2 Å². The second-order valence-corrected chi connectivity index (χ2v) is 10.3. The number of aromatic nitrogens is 2. The van der Waals surface area contributed by atoms with Gasteiger partial charge in [-0.2, -0.15) is 4.31 Å². The molecule has 2 aromatic carbocycles. The third kappa shape index (κ3) is 4.18. The molecule has 7 nitrogen and oxygen atoms in total. The van der Waals surface area contributed by atoms with Crippen LogP contribution < -0.4 is 0 Å². The first kappa shape index (κ1) is 22.2. The Morgan fingerprint density at radius 2 is 1.65 bits per heavy atom. The standard InChI is InChI=1S/C26H24N4O3S/c1-19-8-10-21(11-9-19)34(32,33)30-15-13-29(14-16-30)26(31)23-17-25(20-5-4-12-27-18-20)28-24-7-3-2-6-22(23)24/h2-12,17-18H,13-16H2,1H3. The van der Waals surface area contributed by atoms with E-state index < -0.39 is 10.0 Å². The van der Waals surface area contributed by atoms with Crippen LogP contribution in [0.4, 0.5) is 0 Å². The van der Waals surface area contributed by atoms with E-state index >= 15 is 0 Å². The Balaban J connectivity index is 1.41. The number of piperazine rings is 1. The van der Waals surface area contributed by atoms with Crippen molar-refractivity contribution in [3.05, 3.63) is 90.3 Å². The first-order valence-corrected chi connectivity index (χ1v) is 12.5. The minimum atomic E-state index is -3.59. The number of benzene rings is 2. The van der Waals surface area contributed by atoms with Crippen LogP contribution in [-0.2, 0) is 10.0 Å². The Bertz CT molecular complexity index is 1450. The molecule has 1 fully saturated rings. The summed E-state index contributed by atoms with van der Waals surface area (Å²) in [7, 11) is -3.59. The van der Waals surface area contributed by atoms with Crippen LogP contribution in [-0.4, -0.2) is 59.7 Å². The topological polar surface area (TPSA) is 83.5 Å². The van der Waals surface area contributed by atoms with Gasteiger partial charge in [0.2, 0.25) is 10.0 Å². The molecule has 1 amide bonds. The van der Waals surface area contributed by atoms with E-state index in [0.29, 0.717) is 24.3 Å². The summed E-state index contributed by atoms with van der Waals surface area (Å²) in [6.45, 7) is 3.07.